The first-order valence-electron chi connectivity index (χ1n) is 5.29. The molecule has 0 saturated heterocycles. The van der Waals surface area contributed by atoms with Crippen LogP contribution in [0, 0.1) is 11.7 Å². The number of nitrogens with zero attached hydrogens (tertiary/aromatic N) is 1. The van der Waals surface area contributed by atoms with E-state index in [9.17, 15) is 13.2 Å². The van der Waals surface area contributed by atoms with Crippen LogP contribution in [0.2, 0.25) is 0 Å². The molecule has 18 heavy (non-hydrogen) atoms. The van der Waals surface area contributed by atoms with Crippen LogP contribution < -0.4 is 0 Å². The molecule has 0 fully saturated rings. The fourth-order valence-electron chi connectivity index (χ4n) is 1.80. The van der Waals surface area contributed by atoms with Crippen LogP contribution in [0.3, 0.4) is 0 Å². The summed E-state index contributed by atoms with van der Waals surface area (Å²) in [7, 11) is 0. The van der Waals surface area contributed by atoms with Gasteiger partial charge in [0.05, 0.1) is 12.1 Å². The van der Waals surface area contributed by atoms with E-state index in [1.807, 2.05) is 6.92 Å². The average molecular weight is 272 g/mol. The quantitative estimate of drug-likeness (QED) is 0.822. The standard InChI is InChI=1S/C12H11F3N2S/c1-8-6-17(11(18)16-8)7-9-4-2-3-5-10(9)12(13,14)15/h2-6H,7H2,1H3,(H,16,18). The highest BCUT2D eigenvalue weighted by Gasteiger charge is 2.32. The zero-order chi connectivity index (χ0) is 13.3. The van der Waals surface area contributed by atoms with Crippen molar-refractivity contribution in [3.05, 3.63) is 52.1 Å². The molecule has 0 aliphatic carbocycles. The summed E-state index contributed by atoms with van der Waals surface area (Å²) < 4.78 is 40.5. The van der Waals surface area contributed by atoms with Crippen molar-refractivity contribution in [3.63, 3.8) is 0 Å². The van der Waals surface area contributed by atoms with E-state index in [-0.39, 0.29) is 12.1 Å². The molecule has 0 unspecified atom stereocenters. The molecule has 2 rings (SSSR count). The average Bonchev–Trinajstić information content (AvgIpc) is 2.57. The van der Waals surface area contributed by atoms with E-state index in [0.29, 0.717) is 4.77 Å². The van der Waals surface area contributed by atoms with Gasteiger partial charge in [-0.25, -0.2) is 0 Å². The first kappa shape index (κ1) is 12.9. The molecule has 96 valence electrons. The Morgan fingerprint density at radius 3 is 2.50 bits per heavy atom. The Bertz CT molecular complexity index is 610. The summed E-state index contributed by atoms with van der Waals surface area (Å²) >= 11 is 5.03. The topological polar surface area (TPSA) is 20.7 Å². The normalized spacial score (nSPS) is 11.8. The van der Waals surface area contributed by atoms with E-state index in [4.69, 9.17) is 12.2 Å². The summed E-state index contributed by atoms with van der Waals surface area (Å²) in [5.74, 6) is 0. The number of hydrogen-bond donors (Lipinski definition) is 1. The Morgan fingerprint density at radius 1 is 1.28 bits per heavy atom. The van der Waals surface area contributed by atoms with Crippen LogP contribution in [-0.2, 0) is 12.7 Å². The van der Waals surface area contributed by atoms with Gasteiger partial charge in [0.1, 0.15) is 0 Å². The van der Waals surface area contributed by atoms with Crippen LogP contribution in [0.4, 0.5) is 13.2 Å². The molecule has 0 aliphatic heterocycles. The lowest BCUT2D eigenvalue weighted by Crippen LogP contribution is -2.11. The van der Waals surface area contributed by atoms with Gasteiger partial charge < -0.3 is 9.55 Å². The van der Waals surface area contributed by atoms with Crippen LogP contribution in [-0.4, -0.2) is 9.55 Å². The van der Waals surface area contributed by atoms with Gasteiger partial charge in [-0.05, 0) is 30.8 Å². The fraction of sp³-hybridized carbons (Fsp3) is 0.250. The van der Waals surface area contributed by atoms with Gasteiger partial charge in [-0.2, -0.15) is 13.2 Å². The molecule has 2 aromatic rings. The zero-order valence-electron chi connectivity index (χ0n) is 9.58. The molecule has 0 amide bonds. The maximum absolute atomic E-state index is 12.8. The summed E-state index contributed by atoms with van der Waals surface area (Å²) in [6.07, 6.45) is -2.64. The summed E-state index contributed by atoms with van der Waals surface area (Å²) in [6, 6.07) is 5.52. The first-order chi connectivity index (χ1) is 8.38. The third kappa shape index (κ3) is 2.64. The number of halogens is 3. The summed E-state index contributed by atoms with van der Waals surface area (Å²) in [4.78, 5) is 2.88. The minimum atomic E-state index is -4.34. The third-order valence-corrected chi connectivity index (χ3v) is 2.91. The van der Waals surface area contributed by atoms with Crippen LogP contribution in [0.15, 0.2) is 30.5 Å². The van der Waals surface area contributed by atoms with Crippen LogP contribution in [0.25, 0.3) is 0 Å². The van der Waals surface area contributed by atoms with Gasteiger partial charge in [-0.1, -0.05) is 18.2 Å². The van der Waals surface area contributed by atoms with Crippen LogP contribution in [0.5, 0.6) is 0 Å². The molecule has 6 heteroatoms. The second-order valence-corrected chi connectivity index (χ2v) is 4.41. The van der Waals surface area contributed by atoms with Crippen molar-refractivity contribution in [1.29, 1.82) is 0 Å². The SMILES string of the molecule is Cc1cn(Cc2ccccc2C(F)(F)F)c(=S)[nH]1. The Balaban J connectivity index is 2.41. The molecular formula is C12H11F3N2S. The van der Waals surface area contributed by atoms with E-state index in [0.717, 1.165) is 11.8 Å². The second-order valence-electron chi connectivity index (χ2n) is 4.03. The van der Waals surface area contributed by atoms with Crippen molar-refractivity contribution in [2.45, 2.75) is 19.6 Å². The molecule has 0 bridgehead atoms. The number of imidazole rings is 1. The third-order valence-electron chi connectivity index (χ3n) is 2.58. The Labute approximate surface area is 107 Å². The van der Waals surface area contributed by atoms with Crippen molar-refractivity contribution in [1.82, 2.24) is 9.55 Å². The highest BCUT2D eigenvalue weighted by molar-refractivity contribution is 7.71. The number of hydrogen-bond acceptors (Lipinski definition) is 1. The molecular weight excluding hydrogens is 261 g/mol. The second kappa shape index (κ2) is 4.61. The molecule has 1 N–H and O–H groups in total. The summed E-state index contributed by atoms with van der Waals surface area (Å²) in [5, 5.41) is 0. The van der Waals surface area contributed by atoms with Gasteiger partial charge in [0.2, 0.25) is 0 Å². The smallest absolute Gasteiger partial charge is 0.335 e. The van der Waals surface area contributed by atoms with Crippen molar-refractivity contribution >= 4 is 12.2 Å². The van der Waals surface area contributed by atoms with Gasteiger partial charge in [-0.3, -0.25) is 0 Å². The van der Waals surface area contributed by atoms with E-state index >= 15 is 0 Å². The van der Waals surface area contributed by atoms with Gasteiger partial charge in [0.25, 0.3) is 0 Å². The molecule has 0 radical (unpaired) electrons. The maximum Gasteiger partial charge on any atom is 0.416 e. The van der Waals surface area contributed by atoms with Gasteiger partial charge >= 0.3 is 6.18 Å². The maximum atomic E-state index is 12.8. The molecule has 0 spiro atoms. The minimum Gasteiger partial charge on any atom is -0.335 e. The van der Waals surface area contributed by atoms with Crippen molar-refractivity contribution in [3.8, 4) is 0 Å². The molecule has 0 atom stereocenters. The van der Waals surface area contributed by atoms with Gasteiger partial charge in [0, 0.05) is 11.9 Å². The lowest BCUT2D eigenvalue weighted by Gasteiger charge is -2.12. The number of alkyl halides is 3. The lowest BCUT2D eigenvalue weighted by molar-refractivity contribution is -0.138. The first-order valence-corrected chi connectivity index (χ1v) is 5.70. The summed E-state index contributed by atoms with van der Waals surface area (Å²) in [5.41, 5.74) is 0.412. The fourth-order valence-corrected chi connectivity index (χ4v) is 2.08. The Kier molecular flexibility index (Phi) is 3.30. The molecule has 1 aromatic carbocycles. The van der Waals surface area contributed by atoms with Crippen molar-refractivity contribution in [2.24, 2.45) is 0 Å². The Morgan fingerprint density at radius 2 is 1.94 bits per heavy atom. The van der Waals surface area contributed by atoms with Gasteiger partial charge in [0.15, 0.2) is 4.77 Å². The van der Waals surface area contributed by atoms with Crippen molar-refractivity contribution < 1.29 is 13.2 Å². The predicted molar refractivity (Wildman–Crippen MR) is 64.9 cm³/mol. The molecule has 0 aliphatic rings. The number of aromatic amines is 1. The number of benzene rings is 1. The Hall–Kier alpha value is -1.56. The molecule has 1 aromatic heterocycles. The largest absolute Gasteiger partial charge is 0.416 e. The number of nitrogens with one attached hydrogen (secondary N) is 1. The lowest BCUT2D eigenvalue weighted by atomic mass is 10.1. The van der Waals surface area contributed by atoms with E-state index in [1.54, 1.807) is 16.8 Å². The molecule has 0 saturated carbocycles. The van der Waals surface area contributed by atoms with E-state index in [2.05, 4.69) is 4.98 Å². The number of aromatic nitrogens is 2. The number of aryl methyl sites for hydroxylation is 1. The molecule has 1 heterocycles. The van der Waals surface area contributed by atoms with Crippen LogP contribution >= 0.6 is 12.2 Å². The number of rotatable bonds is 2. The number of H-pyrrole nitrogens is 1. The minimum absolute atomic E-state index is 0.110. The van der Waals surface area contributed by atoms with E-state index in [1.165, 1.54) is 12.1 Å². The highest BCUT2D eigenvalue weighted by Crippen LogP contribution is 2.32. The highest BCUT2D eigenvalue weighted by atomic mass is 32.1. The van der Waals surface area contributed by atoms with E-state index < -0.39 is 11.7 Å². The monoisotopic (exact) mass is 272 g/mol. The van der Waals surface area contributed by atoms with Crippen molar-refractivity contribution in [2.75, 3.05) is 0 Å². The molecule has 2 nitrogen and oxygen atoms in total. The zero-order valence-corrected chi connectivity index (χ0v) is 10.4. The summed E-state index contributed by atoms with van der Waals surface area (Å²) in [6.45, 7) is 1.92. The van der Waals surface area contributed by atoms with Gasteiger partial charge in [-0.15, -0.1) is 0 Å². The predicted octanol–water partition coefficient (Wildman–Crippen LogP) is 3.92. The van der Waals surface area contributed by atoms with Crippen LogP contribution in [0.1, 0.15) is 16.8 Å².